The molecule has 1 aliphatic heterocycles. The predicted octanol–water partition coefficient (Wildman–Crippen LogP) is 4.81. The third-order valence-electron chi connectivity index (χ3n) is 3.86. The van der Waals surface area contributed by atoms with Crippen molar-refractivity contribution in [1.29, 1.82) is 0 Å². The summed E-state index contributed by atoms with van der Waals surface area (Å²) < 4.78 is 25.0. The van der Waals surface area contributed by atoms with Gasteiger partial charge >= 0.3 is 0 Å². The first-order chi connectivity index (χ1) is 12.9. The van der Waals surface area contributed by atoms with Crippen LogP contribution in [0.4, 0.5) is 14.5 Å². The van der Waals surface area contributed by atoms with Gasteiger partial charge in [0.2, 0.25) is 5.91 Å². The number of nitrogens with zero attached hydrogens (tertiary/aromatic N) is 1. The number of halogens is 3. The van der Waals surface area contributed by atoms with Crippen molar-refractivity contribution in [2.75, 3.05) is 16.9 Å². The maximum absolute atomic E-state index is 12.7. The molecule has 2 aromatic carbocycles. The molecule has 1 N–H and O–H groups in total. The third-order valence-corrected chi connectivity index (χ3v) is 5.83. The number of carbonyl (C=O) groups excluding carboxylic acids is 2. The quantitative estimate of drug-likeness (QED) is 0.694. The van der Waals surface area contributed by atoms with Gasteiger partial charge in [0.1, 0.15) is 6.04 Å². The van der Waals surface area contributed by atoms with Crippen molar-refractivity contribution in [3.63, 3.8) is 0 Å². The number of anilines is 1. The van der Waals surface area contributed by atoms with Crippen molar-refractivity contribution in [3.8, 4) is 0 Å². The first kappa shape index (κ1) is 20.0. The van der Waals surface area contributed by atoms with Gasteiger partial charge in [0.25, 0.3) is 11.7 Å². The summed E-state index contributed by atoms with van der Waals surface area (Å²) in [5.41, 5.74) is 0.872. The van der Waals surface area contributed by atoms with Crippen molar-refractivity contribution >= 4 is 52.6 Å². The van der Waals surface area contributed by atoms with Crippen LogP contribution in [0, 0.1) is 0 Å². The summed E-state index contributed by atoms with van der Waals surface area (Å²) in [5, 5.41) is 3.24. The molecule has 1 atom stereocenters. The Hall–Kier alpha value is -1.77. The van der Waals surface area contributed by atoms with E-state index >= 15 is 0 Å². The monoisotopic (exact) mass is 428 g/mol. The molecule has 142 valence electrons. The number of hydrogen-bond acceptors (Lipinski definition) is 4. The summed E-state index contributed by atoms with van der Waals surface area (Å²) in [5.74, 6) is -2.26. The fraction of sp³-hybridized carbons (Fsp3) is 0.222. The number of alkyl halides is 2. The van der Waals surface area contributed by atoms with Crippen LogP contribution < -0.4 is 5.32 Å². The Morgan fingerprint density at radius 3 is 2.67 bits per heavy atom. The molecule has 1 saturated heterocycles. The highest BCUT2D eigenvalue weighted by atomic mass is 35.5. The van der Waals surface area contributed by atoms with Gasteiger partial charge < -0.3 is 10.2 Å². The standard InChI is InChI=1S/C18H15ClF2N2O2S2/c19-12-6-4-11(5-7-12)17(25)23-10-26-9-15(23)16(24)22-13-2-1-3-14(8-13)27-18(20)21/h1-8,15,18H,9-10H2,(H,22,24). The zero-order chi connectivity index (χ0) is 19.4. The molecule has 0 saturated carbocycles. The molecule has 0 aromatic heterocycles. The second kappa shape index (κ2) is 8.95. The molecule has 4 nitrogen and oxygen atoms in total. The molecule has 2 aromatic rings. The number of hydrogen-bond donors (Lipinski definition) is 1. The van der Waals surface area contributed by atoms with Gasteiger partial charge in [-0.1, -0.05) is 29.4 Å². The van der Waals surface area contributed by atoms with Crippen LogP contribution in [-0.4, -0.2) is 40.1 Å². The van der Waals surface area contributed by atoms with E-state index in [0.29, 0.717) is 44.6 Å². The Labute approximate surface area is 168 Å². The molecular formula is C18H15ClF2N2O2S2. The normalized spacial score (nSPS) is 16.6. The Morgan fingerprint density at radius 2 is 1.96 bits per heavy atom. The zero-order valence-electron chi connectivity index (χ0n) is 13.9. The molecule has 9 heteroatoms. The highest BCUT2D eigenvalue weighted by molar-refractivity contribution is 7.99. The molecule has 0 spiro atoms. The van der Waals surface area contributed by atoms with Crippen molar-refractivity contribution in [2.45, 2.75) is 16.7 Å². The van der Waals surface area contributed by atoms with Gasteiger partial charge in [0.15, 0.2) is 0 Å². The Kier molecular flexibility index (Phi) is 6.62. The lowest BCUT2D eigenvalue weighted by atomic mass is 10.1. The maximum Gasteiger partial charge on any atom is 0.288 e. The second-order valence-electron chi connectivity index (χ2n) is 5.69. The van der Waals surface area contributed by atoms with Gasteiger partial charge in [-0.3, -0.25) is 9.59 Å². The lowest BCUT2D eigenvalue weighted by Crippen LogP contribution is -2.44. The number of nitrogens with one attached hydrogen (secondary N) is 1. The highest BCUT2D eigenvalue weighted by Crippen LogP contribution is 2.28. The van der Waals surface area contributed by atoms with E-state index in [1.807, 2.05) is 0 Å². The van der Waals surface area contributed by atoms with Crippen molar-refractivity contribution in [2.24, 2.45) is 0 Å². The molecule has 1 heterocycles. The van der Waals surface area contributed by atoms with Gasteiger partial charge in [0, 0.05) is 26.9 Å². The number of carbonyl (C=O) groups is 2. The van der Waals surface area contributed by atoms with Crippen LogP contribution in [0.2, 0.25) is 5.02 Å². The van der Waals surface area contributed by atoms with Crippen LogP contribution >= 0.6 is 35.1 Å². The van der Waals surface area contributed by atoms with Crippen LogP contribution in [0.5, 0.6) is 0 Å². The summed E-state index contributed by atoms with van der Waals surface area (Å²) in [6.07, 6.45) is 0. The minimum Gasteiger partial charge on any atom is -0.324 e. The smallest absolute Gasteiger partial charge is 0.288 e. The van der Waals surface area contributed by atoms with Crippen LogP contribution in [-0.2, 0) is 4.79 Å². The van der Waals surface area contributed by atoms with Crippen molar-refractivity contribution in [1.82, 2.24) is 4.90 Å². The molecule has 0 aliphatic carbocycles. The van der Waals surface area contributed by atoms with Gasteiger partial charge in [-0.05, 0) is 42.5 Å². The number of rotatable bonds is 5. The fourth-order valence-electron chi connectivity index (χ4n) is 2.59. The van der Waals surface area contributed by atoms with Crippen molar-refractivity contribution < 1.29 is 18.4 Å². The average molecular weight is 429 g/mol. The summed E-state index contributed by atoms with van der Waals surface area (Å²) in [4.78, 5) is 27.2. The summed E-state index contributed by atoms with van der Waals surface area (Å²) >= 11 is 7.74. The second-order valence-corrected chi connectivity index (χ2v) is 8.19. The highest BCUT2D eigenvalue weighted by Gasteiger charge is 2.35. The molecule has 1 fully saturated rings. The van der Waals surface area contributed by atoms with E-state index in [9.17, 15) is 18.4 Å². The molecule has 3 rings (SSSR count). The van der Waals surface area contributed by atoms with E-state index < -0.39 is 11.8 Å². The molecule has 1 unspecified atom stereocenters. The van der Waals surface area contributed by atoms with Gasteiger partial charge in [-0.15, -0.1) is 11.8 Å². The Morgan fingerprint density at radius 1 is 1.22 bits per heavy atom. The minimum atomic E-state index is -2.53. The van der Waals surface area contributed by atoms with E-state index in [2.05, 4.69) is 5.32 Å². The van der Waals surface area contributed by atoms with E-state index in [4.69, 9.17) is 11.6 Å². The molecular weight excluding hydrogens is 414 g/mol. The molecule has 0 radical (unpaired) electrons. The van der Waals surface area contributed by atoms with Crippen LogP contribution in [0.3, 0.4) is 0 Å². The predicted molar refractivity (Wildman–Crippen MR) is 106 cm³/mol. The van der Waals surface area contributed by atoms with Crippen molar-refractivity contribution in [3.05, 3.63) is 59.1 Å². The largest absolute Gasteiger partial charge is 0.324 e. The van der Waals surface area contributed by atoms with Gasteiger partial charge in [-0.2, -0.15) is 8.78 Å². The number of thioether (sulfide) groups is 2. The molecule has 2 amide bonds. The van der Waals surface area contributed by atoms with Crippen LogP contribution in [0.1, 0.15) is 10.4 Å². The molecule has 27 heavy (non-hydrogen) atoms. The lowest BCUT2D eigenvalue weighted by molar-refractivity contribution is -0.119. The average Bonchev–Trinajstić information content (AvgIpc) is 3.11. The van der Waals surface area contributed by atoms with E-state index in [0.717, 1.165) is 0 Å². The van der Waals surface area contributed by atoms with Crippen LogP contribution in [0.15, 0.2) is 53.4 Å². The first-order valence-electron chi connectivity index (χ1n) is 7.94. The van der Waals surface area contributed by atoms with Crippen LogP contribution in [0.25, 0.3) is 0 Å². The molecule has 1 aliphatic rings. The van der Waals surface area contributed by atoms with E-state index in [1.165, 1.54) is 22.7 Å². The lowest BCUT2D eigenvalue weighted by Gasteiger charge is -2.23. The Bertz CT molecular complexity index is 836. The first-order valence-corrected chi connectivity index (χ1v) is 10.4. The third kappa shape index (κ3) is 5.15. The number of benzene rings is 2. The summed E-state index contributed by atoms with van der Waals surface area (Å²) in [7, 11) is 0. The van der Waals surface area contributed by atoms with Gasteiger partial charge in [0.05, 0.1) is 5.88 Å². The summed E-state index contributed by atoms with van der Waals surface area (Å²) in [6.45, 7) is 0. The fourth-order valence-corrected chi connectivity index (χ4v) is 4.43. The Balaban J connectivity index is 1.70. The topological polar surface area (TPSA) is 49.4 Å². The molecule has 0 bridgehead atoms. The maximum atomic E-state index is 12.7. The minimum absolute atomic E-state index is 0.251. The zero-order valence-corrected chi connectivity index (χ0v) is 16.3. The summed E-state index contributed by atoms with van der Waals surface area (Å²) in [6, 6.07) is 12.1. The SMILES string of the molecule is O=C(Nc1cccc(SC(F)F)c1)C1CSCN1C(=O)c1ccc(Cl)cc1. The van der Waals surface area contributed by atoms with E-state index in [-0.39, 0.29) is 11.8 Å². The van der Waals surface area contributed by atoms with Gasteiger partial charge in [-0.25, -0.2) is 0 Å². The number of amides is 2. The van der Waals surface area contributed by atoms with E-state index in [1.54, 1.807) is 42.5 Å².